The Balaban J connectivity index is 1.89. The molecule has 0 saturated heterocycles. The molecule has 0 fully saturated rings. The molecule has 1 aromatic heterocycles. The van der Waals surface area contributed by atoms with Crippen molar-refractivity contribution in [2.45, 2.75) is 13.8 Å². The van der Waals surface area contributed by atoms with E-state index in [4.69, 9.17) is 5.26 Å². The van der Waals surface area contributed by atoms with Crippen molar-refractivity contribution < 1.29 is 4.79 Å². The Morgan fingerprint density at radius 3 is 2.56 bits per heavy atom. The highest BCUT2D eigenvalue weighted by atomic mass is 16.1. The quantitative estimate of drug-likeness (QED) is 0.734. The third kappa shape index (κ3) is 3.70. The first-order valence-corrected chi connectivity index (χ1v) is 7.79. The number of carbonyl (C=O) groups excluding carboxylic acids is 1. The summed E-state index contributed by atoms with van der Waals surface area (Å²) in [5.41, 5.74) is 4.04. The number of benzene rings is 2. The molecule has 25 heavy (non-hydrogen) atoms. The summed E-state index contributed by atoms with van der Waals surface area (Å²) in [6, 6.07) is 16.4. The van der Waals surface area contributed by atoms with Gasteiger partial charge in [0.05, 0.1) is 11.6 Å². The number of hydrogen-bond donors (Lipinski definition) is 1. The number of nitrogens with one attached hydrogen (secondary N) is 1. The van der Waals surface area contributed by atoms with Crippen LogP contribution in [0, 0.1) is 25.2 Å². The summed E-state index contributed by atoms with van der Waals surface area (Å²) < 4.78 is 0. The van der Waals surface area contributed by atoms with Crippen LogP contribution in [0.5, 0.6) is 0 Å². The summed E-state index contributed by atoms with van der Waals surface area (Å²) in [5, 5.41) is 11.9. The predicted molar refractivity (Wildman–Crippen MR) is 95.8 cm³/mol. The maximum absolute atomic E-state index is 12.8. The Labute approximate surface area is 146 Å². The molecular formula is C20H16N4O. The van der Waals surface area contributed by atoms with Crippen LogP contribution in [0.15, 0.2) is 54.7 Å². The summed E-state index contributed by atoms with van der Waals surface area (Å²) in [5.74, 6) is 0.206. The zero-order valence-electron chi connectivity index (χ0n) is 13.9. The monoisotopic (exact) mass is 328 g/mol. The minimum Gasteiger partial charge on any atom is -0.324 e. The second-order valence-electron chi connectivity index (χ2n) is 5.74. The van der Waals surface area contributed by atoms with E-state index in [1.165, 1.54) is 0 Å². The van der Waals surface area contributed by atoms with Gasteiger partial charge in [0.25, 0.3) is 0 Å². The van der Waals surface area contributed by atoms with Gasteiger partial charge in [0, 0.05) is 17.4 Å². The lowest BCUT2D eigenvalue weighted by atomic mass is 10.0. The molecule has 3 rings (SSSR count). The van der Waals surface area contributed by atoms with Crippen molar-refractivity contribution in [3.8, 4) is 6.07 Å². The molecule has 5 heteroatoms. The molecule has 0 radical (unpaired) electrons. The van der Waals surface area contributed by atoms with Crippen LogP contribution in [0.1, 0.15) is 32.7 Å². The van der Waals surface area contributed by atoms with E-state index in [2.05, 4.69) is 21.4 Å². The molecule has 2 aromatic carbocycles. The first-order chi connectivity index (χ1) is 12.1. The highest BCUT2D eigenvalue weighted by Crippen LogP contribution is 2.17. The van der Waals surface area contributed by atoms with Gasteiger partial charge >= 0.3 is 0 Å². The number of hydrogen-bond acceptors (Lipinski definition) is 5. The average Bonchev–Trinajstić information content (AvgIpc) is 2.63. The average molecular weight is 328 g/mol. The Morgan fingerprint density at radius 1 is 1.12 bits per heavy atom. The van der Waals surface area contributed by atoms with Gasteiger partial charge < -0.3 is 5.32 Å². The summed E-state index contributed by atoms with van der Waals surface area (Å²) in [7, 11) is 0. The van der Waals surface area contributed by atoms with E-state index in [0.29, 0.717) is 22.8 Å². The number of nitriles is 1. The molecule has 0 aliphatic carbocycles. The fourth-order valence-electron chi connectivity index (χ4n) is 2.41. The normalized spacial score (nSPS) is 10.1. The predicted octanol–water partition coefficient (Wildman–Crippen LogP) is 3.94. The topological polar surface area (TPSA) is 78.7 Å². The van der Waals surface area contributed by atoms with Crippen LogP contribution < -0.4 is 5.32 Å². The van der Waals surface area contributed by atoms with Crippen LogP contribution in [0.3, 0.4) is 0 Å². The number of aromatic nitrogens is 2. The van der Waals surface area contributed by atoms with Gasteiger partial charge in [0.2, 0.25) is 11.7 Å². The van der Waals surface area contributed by atoms with Gasteiger partial charge in [-0.25, -0.2) is 9.97 Å². The van der Waals surface area contributed by atoms with Crippen LogP contribution in [0.4, 0.5) is 11.6 Å². The van der Waals surface area contributed by atoms with Gasteiger partial charge in [-0.15, -0.1) is 0 Å². The van der Waals surface area contributed by atoms with E-state index < -0.39 is 0 Å². The molecule has 0 aliphatic rings. The molecule has 0 bridgehead atoms. The molecule has 3 aromatic rings. The van der Waals surface area contributed by atoms with Crippen molar-refractivity contribution in [1.82, 2.24) is 9.97 Å². The molecule has 0 amide bonds. The third-order valence-corrected chi connectivity index (χ3v) is 3.74. The first-order valence-electron chi connectivity index (χ1n) is 7.79. The summed E-state index contributed by atoms with van der Waals surface area (Å²) in [6.45, 7) is 3.76. The van der Waals surface area contributed by atoms with E-state index in [-0.39, 0.29) is 5.78 Å². The minimum absolute atomic E-state index is 0.133. The van der Waals surface area contributed by atoms with Gasteiger partial charge in [-0.3, -0.25) is 4.79 Å². The molecule has 0 spiro atoms. The number of anilines is 2. The SMILES string of the molecule is Cc1cccc(C(=O)c2nc(Nc3ccc(C#N)cc3)ncc2C)c1. The van der Waals surface area contributed by atoms with E-state index in [0.717, 1.165) is 16.8 Å². The van der Waals surface area contributed by atoms with Gasteiger partial charge in [-0.05, 0) is 49.7 Å². The second-order valence-corrected chi connectivity index (χ2v) is 5.74. The molecule has 5 nitrogen and oxygen atoms in total. The highest BCUT2D eigenvalue weighted by molar-refractivity contribution is 6.08. The van der Waals surface area contributed by atoms with Gasteiger partial charge in [-0.1, -0.05) is 23.8 Å². The standard InChI is InChI=1S/C20H16N4O/c1-13-4-3-5-16(10-13)19(25)18-14(2)12-22-20(24-18)23-17-8-6-15(11-21)7-9-17/h3-10,12H,1-2H3,(H,22,23,24). The van der Waals surface area contributed by atoms with Crippen LogP contribution in [0.25, 0.3) is 0 Å². The Hall–Kier alpha value is -3.52. The molecule has 0 atom stereocenters. The van der Waals surface area contributed by atoms with Crippen LogP contribution in [-0.2, 0) is 0 Å². The smallest absolute Gasteiger partial charge is 0.227 e. The summed E-state index contributed by atoms with van der Waals surface area (Å²) in [4.78, 5) is 21.4. The number of carbonyl (C=O) groups is 1. The van der Waals surface area contributed by atoms with Crippen molar-refractivity contribution in [2.75, 3.05) is 5.32 Å². The maximum atomic E-state index is 12.8. The zero-order valence-corrected chi connectivity index (χ0v) is 13.9. The van der Waals surface area contributed by atoms with E-state index in [9.17, 15) is 4.79 Å². The fourth-order valence-corrected chi connectivity index (χ4v) is 2.41. The molecule has 0 aliphatic heterocycles. The summed E-state index contributed by atoms with van der Waals surface area (Å²) >= 11 is 0. The zero-order chi connectivity index (χ0) is 17.8. The molecular weight excluding hydrogens is 312 g/mol. The highest BCUT2D eigenvalue weighted by Gasteiger charge is 2.15. The Bertz CT molecular complexity index is 972. The fraction of sp³-hybridized carbons (Fsp3) is 0.100. The van der Waals surface area contributed by atoms with Crippen molar-refractivity contribution in [3.05, 3.63) is 82.7 Å². The molecule has 122 valence electrons. The second kappa shape index (κ2) is 6.93. The van der Waals surface area contributed by atoms with Crippen molar-refractivity contribution in [2.24, 2.45) is 0 Å². The minimum atomic E-state index is -0.133. The lowest BCUT2D eigenvalue weighted by molar-refractivity contribution is 0.103. The van der Waals surface area contributed by atoms with E-state index >= 15 is 0 Å². The number of ketones is 1. The van der Waals surface area contributed by atoms with Gasteiger partial charge in [-0.2, -0.15) is 5.26 Å². The molecule has 0 unspecified atom stereocenters. The largest absolute Gasteiger partial charge is 0.324 e. The number of nitrogens with zero attached hydrogens (tertiary/aromatic N) is 3. The van der Waals surface area contributed by atoms with Gasteiger partial charge in [0.1, 0.15) is 5.69 Å². The number of aryl methyl sites for hydroxylation is 2. The van der Waals surface area contributed by atoms with Crippen molar-refractivity contribution in [1.29, 1.82) is 5.26 Å². The lowest BCUT2D eigenvalue weighted by Crippen LogP contribution is -2.10. The first kappa shape index (κ1) is 16.3. The molecule has 0 saturated carbocycles. The van der Waals surface area contributed by atoms with Crippen molar-refractivity contribution >= 4 is 17.4 Å². The third-order valence-electron chi connectivity index (χ3n) is 3.74. The van der Waals surface area contributed by atoms with Gasteiger partial charge in [0.15, 0.2) is 0 Å². The molecule has 1 N–H and O–H groups in total. The molecule has 1 heterocycles. The Morgan fingerprint density at radius 2 is 1.88 bits per heavy atom. The van der Waals surface area contributed by atoms with Crippen molar-refractivity contribution in [3.63, 3.8) is 0 Å². The van der Waals surface area contributed by atoms with Crippen LogP contribution >= 0.6 is 0 Å². The maximum Gasteiger partial charge on any atom is 0.227 e. The lowest BCUT2D eigenvalue weighted by Gasteiger charge is -2.09. The van der Waals surface area contributed by atoms with Crippen LogP contribution in [-0.4, -0.2) is 15.8 Å². The van der Waals surface area contributed by atoms with E-state index in [1.807, 2.05) is 32.0 Å². The number of rotatable bonds is 4. The van der Waals surface area contributed by atoms with E-state index in [1.54, 1.807) is 36.5 Å². The van der Waals surface area contributed by atoms with Crippen LogP contribution in [0.2, 0.25) is 0 Å². The Kier molecular flexibility index (Phi) is 4.53. The summed E-state index contributed by atoms with van der Waals surface area (Å²) in [6.07, 6.45) is 1.63.